The quantitative estimate of drug-likeness (QED) is 0.767. The molecule has 0 aromatic heterocycles. The average Bonchev–Trinajstić information content (AvgIpc) is 3.05. The number of anilines is 2. The number of carbonyl (C=O) groups is 1. The predicted molar refractivity (Wildman–Crippen MR) is 109 cm³/mol. The van der Waals surface area contributed by atoms with Crippen molar-refractivity contribution in [3.8, 4) is 11.5 Å². The third-order valence-electron chi connectivity index (χ3n) is 4.65. The van der Waals surface area contributed by atoms with Gasteiger partial charge in [0.15, 0.2) is 0 Å². The van der Waals surface area contributed by atoms with Crippen molar-refractivity contribution >= 4 is 27.3 Å². The number of nitrogens with zero attached hydrogens (tertiary/aromatic N) is 1. The average molecular weight is 404 g/mol. The Morgan fingerprint density at radius 3 is 2.46 bits per heavy atom. The summed E-state index contributed by atoms with van der Waals surface area (Å²) in [5.74, 6) is 1.47. The number of benzene rings is 2. The van der Waals surface area contributed by atoms with Crippen LogP contribution < -0.4 is 19.1 Å². The van der Waals surface area contributed by atoms with Gasteiger partial charge in [-0.3, -0.25) is 9.10 Å². The maximum absolute atomic E-state index is 12.3. The van der Waals surface area contributed by atoms with Gasteiger partial charge in [-0.15, -0.1) is 0 Å². The Labute approximate surface area is 165 Å². The van der Waals surface area contributed by atoms with Crippen molar-refractivity contribution in [2.45, 2.75) is 19.3 Å². The fraction of sp³-hybridized carbons (Fsp3) is 0.350. The molecule has 1 saturated heterocycles. The minimum absolute atomic E-state index is 0.133. The van der Waals surface area contributed by atoms with Gasteiger partial charge in [-0.05, 0) is 60.9 Å². The van der Waals surface area contributed by atoms with Crippen LogP contribution in [0.25, 0.3) is 0 Å². The molecule has 0 spiro atoms. The van der Waals surface area contributed by atoms with E-state index in [1.807, 2.05) is 18.2 Å². The summed E-state index contributed by atoms with van der Waals surface area (Å²) in [5, 5.41) is 2.84. The number of sulfonamides is 1. The first-order chi connectivity index (χ1) is 13.4. The van der Waals surface area contributed by atoms with E-state index in [2.05, 4.69) is 5.32 Å². The Kier molecular flexibility index (Phi) is 6.08. The van der Waals surface area contributed by atoms with Gasteiger partial charge in [0.1, 0.15) is 11.5 Å². The first-order valence-electron chi connectivity index (χ1n) is 9.04. The minimum Gasteiger partial charge on any atom is -0.497 e. The van der Waals surface area contributed by atoms with Crippen LogP contribution in [0, 0.1) is 0 Å². The summed E-state index contributed by atoms with van der Waals surface area (Å²) in [5.41, 5.74) is 2.14. The molecule has 1 aliphatic rings. The zero-order valence-corrected chi connectivity index (χ0v) is 16.8. The molecule has 2 aromatic carbocycles. The van der Waals surface area contributed by atoms with E-state index < -0.39 is 10.0 Å². The Bertz CT molecular complexity index is 942. The van der Waals surface area contributed by atoms with Crippen LogP contribution in [0.1, 0.15) is 18.4 Å². The molecule has 8 heteroatoms. The van der Waals surface area contributed by atoms with Crippen LogP contribution >= 0.6 is 0 Å². The maximum atomic E-state index is 12.3. The predicted octanol–water partition coefficient (Wildman–Crippen LogP) is 2.82. The number of ether oxygens (including phenoxy) is 2. The Morgan fingerprint density at radius 1 is 1.11 bits per heavy atom. The molecule has 1 aliphatic heterocycles. The van der Waals surface area contributed by atoms with Crippen molar-refractivity contribution in [1.82, 2.24) is 0 Å². The van der Waals surface area contributed by atoms with Crippen LogP contribution in [0.5, 0.6) is 11.5 Å². The summed E-state index contributed by atoms with van der Waals surface area (Å²) in [6.45, 7) is 0.496. The second-order valence-electron chi connectivity index (χ2n) is 6.51. The van der Waals surface area contributed by atoms with E-state index in [4.69, 9.17) is 9.47 Å². The molecule has 28 heavy (non-hydrogen) atoms. The van der Waals surface area contributed by atoms with Crippen molar-refractivity contribution in [1.29, 1.82) is 0 Å². The number of hydrogen-bond donors (Lipinski definition) is 1. The SMILES string of the molecule is COc1ccc(OC)c(CCC(=O)Nc2ccc(N3CCCS3(=O)=O)cc2)c1. The molecule has 1 N–H and O–H groups in total. The van der Waals surface area contributed by atoms with Gasteiger partial charge in [-0.2, -0.15) is 0 Å². The molecule has 0 bridgehead atoms. The second kappa shape index (κ2) is 8.52. The van der Waals surface area contributed by atoms with Crippen molar-refractivity contribution < 1.29 is 22.7 Å². The summed E-state index contributed by atoms with van der Waals surface area (Å²) in [4.78, 5) is 12.3. The van der Waals surface area contributed by atoms with E-state index in [0.717, 1.165) is 5.56 Å². The highest BCUT2D eigenvalue weighted by atomic mass is 32.2. The lowest BCUT2D eigenvalue weighted by atomic mass is 10.1. The lowest BCUT2D eigenvalue weighted by molar-refractivity contribution is -0.116. The number of rotatable bonds is 7. The molecule has 0 atom stereocenters. The normalized spacial score (nSPS) is 15.3. The van der Waals surface area contributed by atoms with Crippen LogP contribution in [0.4, 0.5) is 11.4 Å². The summed E-state index contributed by atoms with van der Waals surface area (Å²) in [6.07, 6.45) is 1.43. The third kappa shape index (κ3) is 4.56. The number of nitrogens with one attached hydrogen (secondary N) is 1. The van der Waals surface area contributed by atoms with Gasteiger partial charge in [0.05, 0.1) is 25.7 Å². The van der Waals surface area contributed by atoms with Crippen molar-refractivity contribution in [3.63, 3.8) is 0 Å². The van der Waals surface area contributed by atoms with Crippen LogP contribution in [0.2, 0.25) is 0 Å². The smallest absolute Gasteiger partial charge is 0.235 e. The molecular weight excluding hydrogens is 380 g/mol. The summed E-state index contributed by atoms with van der Waals surface area (Å²) in [7, 11) is -0.0204. The van der Waals surface area contributed by atoms with E-state index in [9.17, 15) is 13.2 Å². The van der Waals surface area contributed by atoms with Crippen LogP contribution in [-0.4, -0.2) is 40.8 Å². The fourth-order valence-corrected chi connectivity index (χ4v) is 4.75. The maximum Gasteiger partial charge on any atom is 0.235 e. The van der Waals surface area contributed by atoms with Crippen molar-refractivity contribution in [2.24, 2.45) is 0 Å². The molecule has 150 valence electrons. The molecule has 2 aromatic rings. The summed E-state index contributed by atoms with van der Waals surface area (Å²) in [6, 6.07) is 12.3. The molecule has 0 radical (unpaired) electrons. The molecule has 0 saturated carbocycles. The van der Waals surface area contributed by atoms with E-state index >= 15 is 0 Å². The molecule has 1 fully saturated rings. The lowest BCUT2D eigenvalue weighted by Gasteiger charge is -2.17. The molecule has 0 aliphatic carbocycles. The second-order valence-corrected chi connectivity index (χ2v) is 8.53. The number of methoxy groups -OCH3 is 2. The Balaban J connectivity index is 1.60. The van der Waals surface area contributed by atoms with Gasteiger partial charge in [0, 0.05) is 18.7 Å². The zero-order valence-electron chi connectivity index (χ0n) is 16.0. The lowest BCUT2D eigenvalue weighted by Crippen LogP contribution is -2.25. The fourth-order valence-electron chi connectivity index (χ4n) is 3.19. The first kappa shape index (κ1) is 20.0. The zero-order chi connectivity index (χ0) is 20.1. The standard InChI is InChI=1S/C20H24N2O5S/c1-26-18-9-10-19(27-2)15(14-18)4-11-20(23)21-16-5-7-17(8-6-16)22-12-3-13-28(22,24)25/h5-10,14H,3-4,11-13H2,1-2H3,(H,21,23). The van der Waals surface area contributed by atoms with E-state index in [0.29, 0.717) is 42.3 Å². The highest BCUT2D eigenvalue weighted by Crippen LogP contribution is 2.27. The van der Waals surface area contributed by atoms with Gasteiger partial charge < -0.3 is 14.8 Å². The number of aryl methyl sites for hydroxylation is 1. The highest BCUT2D eigenvalue weighted by molar-refractivity contribution is 7.93. The van der Waals surface area contributed by atoms with E-state index in [1.54, 1.807) is 38.5 Å². The Morgan fingerprint density at radius 2 is 1.86 bits per heavy atom. The molecule has 1 heterocycles. The van der Waals surface area contributed by atoms with Gasteiger partial charge in [0.25, 0.3) is 0 Å². The monoisotopic (exact) mass is 404 g/mol. The van der Waals surface area contributed by atoms with Gasteiger partial charge >= 0.3 is 0 Å². The van der Waals surface area contributed by atoms with E-state index in [-0.39, 0.29) is 18.1 Å². The largest absolute Gasteiger partial charge is 0.497 e. The minimum atomic E-state index is -3.20. The molecular formula is C20H24N2O5S. The van der Waals surface area contributed by atoms with Crippen LogP contribution in [-0.2, 0) is 21.2 Å². The number of amides is 1. The molecule has 7 nitrogen and oxygen atoms in total. The molecule has 1 amide bonds. The van der Waals surface area contributed by atoms with Gasteiger partial charge in [-0.1, -0.05) is 0 Å². The van der Waals surface area contributed by atoms with Crippen molar-refractivity contribution in [2.75, 3.05) is 36.1 Å². The van der Waals surface area contributed by atoms with E-state index in [1.165, 1.54) is 4.31 Å². The molecule has 0 unspecified atom stereocenters. The number of carbonyl (C=O) groups excluding carboxylic acids is 1. The highest BCUT2D eigenvalue weighted by Gasteiger charge is 2.28. The Hall–Kier alpha value is -2.74. The molecule has 3 rings (SSSR count). The van der Waals surface area contributed by atoms with Gasteiger partial charge in [0.2, 0.25) is 15.9 Å². The first-order valence-corrected chi connectivity index (χ1v) is 10.6. The van der Waals surface area contributed by atoms with Crippen LogP contribution in [0.3, 0.4) is 0 Å². The topological polar surface area (TPSA) is 84.9 Å². The summed E-state index contributed by atoms with van der Waals surface area (Å²) >= 11 is 0. The van der Waals surface area contributed by atoms with Crippen molar-refractivity contribution in [3.05, 3.63) is 48.0 Å². The number of hydrogen-bond acceptors (Lipinski definition) is 5. The van der Waals surface area contributed by atoms with Crippen LogP contribution in [0.15, 0.2) is 42.5 Å². The summed E-state index contributed by atoms with van der Waals surface area (Å²) < 4.78 is 35.9. The third-order valence-corrected chi connectivity index (χ3v) is 6.52. The van der Waals surface area contributed by atoms with Gasteiger partial charge in [-0.25, -0.2) is 8.42 Å².